The molecule has 88 valence electrons. The second-order valence-electron chi connectivity index (χ2n) is 3.59. The molecule has 0 spiro atoms. The second-order valence-corrected chi connectivity index (χ2v) is 3.59. The molecule has 0 aliphatic rings. The van der Waals surface area contributed by atoms with Crippen molar-refractivity contribution in [1.29, 1.82) is 0 Å². The number of imidazole rings is 1. The van der Waals surface area contributed by atoms with Crippen LogP contribution in [-0.2, 0) is 4.84 Å². The highest BCUT2D eigenvalue weighted by molar-refractivity contribution is 5.64. The number of H-pyrrole nitrogens is 1. The first-order valence-corrected chi connectivity index (χ1v) is 5.17. The van der Waals surface area contributed by atoms with Gasteiger partial charge in [-0.05, 0) is 19.1 Å². The second kappa shape index (κ2) is 4.80. The summed E-state index contributed by atoms with van der Waals surface area (Å²) < 4.78 is 0. The fourth-order valence-corrected chi connectivity index (χ4v) is 1.57. The summed E-state index contributed by atoms with van der Waals surface area (Å²) >= 11 is 0. The van der Waals surface area contributed by atoms with E-state index < -0.39 is 0 Å². The van der Waals surface area contributed by atoms with Gasteiger partial charge in [0.05, 0.1) is 12.8 Å². The highest BCUT2D eigenvalue weighted by Crippen LogP contribution is 2.19. The Bertz CT molecular complexity index is 519. The van der Waals surface area contributed by atoms with Gasteiger partial charge < -0.3 is 4.98 Å². The fourth-order valence-electron chi connectivity index (χ4n) is 1.57. The molecule has 5 heteroatoms. The van der Waals surface area contributed by atoms with Gasteiger partial charge in [0.25, 0.3) is 0 Å². The Balaban J connectivity index is 2.34. The highest BCUT2D eigenvalue weighted by atomic mass is 16.6. The zero-order valence-electron chi connectivity index (χ0n) is 9.82. The van der Waals surface area contributed by atoms with Crippen LogP contribution in [0.4, 0.5) is 0 Å². The van der Waals surface area contributed by atoms with Crippen molar-refractivity contribution in [2.24, 2.45) is 0 Å². The number of pyridine rings is 1. The van der Waals surface area contributed by atoms with Crippen LogP contribution in [0, 0.1) is 6.92 Å². The Labute approximate surface area is 99.5 Å². The van der Waals surface area contributed by atoms with Gasteiger partial charge in [0.1, 0.15) is 11.5 Å². The molecule has 0 aliphatic carbocycles. The van der Waals surface area contributed by atoms with Gasteiger partial charge in [-0.25, -0.2) is 4.98 Å². The highest BCUT2D eigenvalue weighted by Gasteiger charge is 2.10. The summed E-state index contributed by atoms with van der Waals surface area (Å²) in [7, 11) is 1.54. The van der Waals surface area contributed by atoms with Crippen molar-refractivity contribution in [3.8, 4) is 11.4 Å². The molecule has 17 heavy (non-hydrogen) atoms. The molecule has 2 aromatic rings. The lowest BCUT2D eigenvalue weighted by molar-refractivity contribution is 0.136. The largest absolute Gasteiger partial charge is 0.341 e. The van der Waals surface area contributed by atoms with Crippen LogP contribution in [0.15, 0.2) is 31.1 Å². The summed E-state index contributed by atoms with van der Waals surface area (Å²) in [6.07, 6.45) is 3.49. The number of nitrogens with one attached hydrogen (secondary N) is 2. The predicted octanol–water partition coefficient (Wildman–Crippen LogP) is 1.90. The average molecular weight is 230 g/mol. The van der Waals surface area contributed by atoms with E-state index in [1.54, 1.807) is 12.4 Å². The molecule has 0 unspecified atom stereocenters. The van der Waals surface area contributed by atoms with Crippen LogP contribution in [0.1, 0.15) is 11.4 Å². The molecular formula is C12H14N4O. The van der Waals surface area contributed by atoms with Gasteiger partial charge in [-0.15, -0.1) is 0 Å². The minimum atomic E-state index is 0.622. The van der Waals surface area contributed by atoms with Crippen molar-refractivity contribution >= 4 is 5.70 Å². The summed E-state index contributed by atoms with van der Waals surface area (Å²) in [5, 5.41) is 0. The smallest absolute Gasteiger partial charge is 0.139 e. The van der Waals surface area contributed by atoms with Crippen LogP contribution in [0.3, 0.4) is 0 Å². The molecule has 2 heterocycles. The molecule has 5 nitrogen and oxygen atoms in total. The summed E-state index contributed by atoms with van der Waals surface area (Å²) in [5.41, 5.74) is 5.92. The number of aryl methyl sites for hydroxylation is 1. The molecule has 0 bridgehead atoms. The number of rotatable bonds is 4. The van der Waals surface area contributed by atoms with E-state index in [-0.39, 0.29) is 0 Å². The van der Waals surface area contributed by atoms with Gasteiger partial charge >= 0.3 is 0 Å². The van der Waals surface area contributed by atoms with Gasteiger partial charge in [-0.3, -0.25) is 15.3 Å². The van der Waals surface area contributed by atoms with Crippen molar-refractivity contribution in [1.82, 2.24) is 20.4 Å². The topological polar surface area (TPSA) is 62.8 Å². The first-order chi connectivity index (χ1) is 8.22. The third kappa shape index (κ3) is 2.34. The normalized spacial score (nSPS) is 10.2. The lowest BCUT2D eigenvalue weighted by atomic mass is 10.3. The quantitative estimate of drug-likeness (QED) is 0.787. The van der Waals surface area contributed by atoms with Gasteiger partial charge in [0.2, 0.25) is 0 Å². The molecule has 2 rings (SSSR count). The Morgan fingerprint density at radius 1 is 1.53 bits per heavy atom. The number of hydrogen-bond acceptors (Lipinski definition) is 4. The minimum absolute atomic E-state index is 0.622. The number of nitrogens with zero attached hydrogens (tertiary/aromatic N) is 2. The molecule has 0 aliphatic heterocycles. The Morgan fingerprint density at radius 2 is 2.35 bits per heavy atom. The first kappa shape index (κ1) is 11.3. The Hall–Kier alpha value is -2.14. The maximum absolute atomic E-state index is 4.81. The van der Waals surface area contributed by atoms with E-state index in [0.29, 0.717) is 5.70 Å². The van der Waals surface area contributed by atoms with E-state index in [2.05, 4.69) is 27.0 Å². The monoisotopic (exact) mass is 230 g/mol. The van der Waals surface area contributed by atoms with E-state index in [0.717, 1.165) is 22.8 Å². The average Bonchev–Trinajstić information content (AvgIpc) is 2.73. The molecular weight excluding hydrogens is 216 g/mol. The molecule has 2 N–H and O–H groups in total. The van der Waals surface area contributed by atoms with E-state index in [1.807, 2.05) is 19.1 Å². The van der Waals surface area contributed by atoms with Crippen LogP contribution >= 0.6 is 0 Å². The molecule has 0 aromatic carbocycles. The third-order valence-electron chi connectivity index (χ3n) is 2.33. The van der Waals surface area contributed by atoms with Crippen LogP contribution < -0.4 is 5.48 Å². The SMILES string of the molecule is C=C(NOC)c1nc(-c2cccnc2)[nH]c1C. The van der Waals surface area contributed by atoms with Gasteiger partial charge in [-0.1, -0.05) is 6.58 Å². The van der Waals surface area contributed by atoms with Crippen LogP contribution in [0.2, 0.25) is 0 Å². The molecule has 0 atom stereocenters. The number of hydrogen-bond donors (Lipinski definition) is 2. The van der Waals surface area contributed by atoms with Crippen LogP contribution in [-0.4, -0.2) is 22.1 Å². The van der Waals surface area contributed by atoms with Gasteiger partial charge in [-0.2, -0.15) is 0 Å². The summed E-state index contributed by atoms with van der Waals surface area (Å²) in [4.78, 5) is 16.5. The van der Waals surface area contributed by atoms with E-state index >= 15 is 0 Å². The number of aromatic nitrogens is 3. The van der Waals surface area contributed by atoms with Crippen molar-refractivity contribution in [2.45, 2.75) is 6.92 Å². The summed E-state index contributed by atoms with van der Waals surface area (Å²) in [6, 6.07) is 3.82. The molecule has 0 saturated heterocycles. The lowest BCUT2D eigenvalue weighted by Crippen LogP contribution is -2.09. The molecule has 0 saturated carbocycles. The minimum Gasteiger partial charge on any atom is -0.341 e. The lowest BCUT2D eigenvalue weighted by Gasteiger charge is -2.03. The van der Waals surface area contributed by atoms with Gasteiger partial charge in [0.15, 0.2) is 0 Å². The Kier molecular flexibility index (Phi) is 3.20. The molecule has 0 radical (unpaired) electrons. The predicted molar refractivity (Wildman–Crippen MR) is 65.7 cm³/mol. The standard InChI is InChI=1S/C12H14N4O/c1-8-11(9(2)16-17-3)15-12(14-8)10-5-4-6-13-7-10/h4-7,16H,2H2,1,3H3,(H,14,15). The fraction of sp³-hybridized carbons (Fsp3) is 0.167. The van der Waals surface area contributed by atoms with Crippen molar-refractivity contribution < 1.29 is 4.84 Å². The van der Waals surface area contributed by atoms with Crippen LogP contribution in [0.25, 0.3) is 17.1 Å². The van der Waals surface area contributed by atoms with E-state index in [1.165, 1.54) is 7.11 Å². The molecule has 0 amide bonds. The van der Waals surface area contributed by atoms with Gasteiger partial charge in [0, 0.05) is 23.7 Å². The van der Waals surface area contributed by atoms with E-state index in [4.69, 9.17) is 4.84 Å². The zero-order chi connectivity index (χ0) is 12.3. The maximum atomic E-state index is 4.81. The molecule has 0 fully saturated rings. The zero-order valence-corrected chi connectivity index (χ0v) is 9.82. The number of aromatic amines is 1. The number of hydroxylamine groups is 1. The Morgan fingerprint density at radius 3 is 3.00 bits per heavy atom. The van der Waals surface area contributed by atoms with Crippen molar-refractivity contribution in [3.05, 3.63) is 42.5 Å². The molecule has 2 aromatic heterocycles. The third-order valence-corrected chi connectivity index (χ3v) is 2.33. The van der Waals surface area contributed by atoms with Crippen molar-refractivity contribution in [2.75, 3.05) is 7.11 Å². The first-order valence-electron chi connectivity index (χ1n) is 5.17. The van der Waals surface area contributed by atoms with Crippen LogP contribution in [0.5, 0.6) is 0 Å². The van der Waals surface area contributed by atoms with Crippen molar-refractivity contribution in [3.63, 3.8) is 0 Å². The van der Waals surface area contributed by atoms with E-state index in [9.17, 15) is 0 Å². The summed E-state index contributed by atoms with van der Waals surface area (Å²) in [6.45, 7) is 5.78. The maximum Gasteiger partial charge on any atom is 0.139 e. The summed E-state index contributed by atoms with van der Waals surface area (Å²) in [5.74, 6) is 0.768.